The van der Waals surface area contributed by atoms with E-state index in [1.165, 1.54) is 25.0 Å². The third kappa shape index (κ3) is 2.82. The third-order valence-electron chi connectivity index (χ3n) is 5.26. The fourth-order valence-corrected chi connectivity index (χ4v) is 3.90. The molecular formula is C18H21FN4O. The Balaban J connectivity index is 1.49. The van der Waals surface area contributed by atoms with Gasteiger partial charge in [-0.25, -0.2) is 4.39 Å². The van der Waals surface area contributed by atoms with Crippen LogP contribution in [0.4, 0.5) is 4.39 Å². The monoisotopic (exact) mass is 328 g/mol. The van der Waals surface area contributed by atoms with Crippen molar-refractivity contribution in [2.24, 2.45) is 0 Å². The van der Waals surface area contributed by atoms with Crippen molar-refractivity contribution < 1.29 is 9.18 Å². The van der Waals surface area contributed by atoms with Crippen LogP contribution < -0.4 is 5.32 Å². The van der Waals surface area contributed by atoms with Crippen LogP contribution in [0.25, 0.3) is 11.3 Å². The summed E-state index contributed by atoms with van der Waals surface area (Å²) in [6.45, 7) is 0. The van der Waals surface area contributed by atoms with Gasteiger partial charge in [0.25, 0.3) is 5.91 Å². The van der Waals surface area contributed by atoms with Crippen molar-refractivity contribution in [3.8, 4) is 11.3 Å². The molecule has 2 saturated heterocycles. The molecule has 2 atom stereocenters. The zero-order valence-corrected chi connectivity index (χ0v) is 13.6. The molecule has 6 heteroatoms. The lowest BCUT2D eigenvalue weighted by Crippen LogP contribution is -2.48. The standard InChI is InChI=1S/C18H21FN4O/c1-23(15-8-13-6-7-14(9-15)20-13)18(24)17-10-16(21-22-17)11-2-4-12(19)5-3-11/h2-5,10,13-15,20H,6-9H2,1H3,(H,21,22). The van der Waals surface area contributed by atoms with Gasteiger partial charge >= 0.3 is 0 Å². The average Bonchev–Trinajstić information content (AvgIpc) is 3.21. The highest BCUT2D eigenvalue weighted by Crippen LogP contribution is 2.30. The highest BCUT2D eigenvalue weighted by atomic mass is 19.1. The van der Waals surface area contributed by atoms with E-state index in [1.807, 2.05) is 11.9 Å². The minimum atomic E-state index is -0.286. The van der Waals surface area contributed by atoms with Crippen LogP contribution in [-0.4, -0.2) is 46.2 Å². The number of nitrogens with zero attached hydrogens (tertiary/aromatic N) is 2. The van der Waals surface area contributed by atoms with Gasteiger partial charge in [0.05, 0.1) is 5.69 Å². The summed E-state index contributed by atoms with van der Waals surface area (Å²) in [4.78, 5) is 14.6. The second-order valence-electron chi connectivity index (χ2n) is 6.85. The predicted molar refractivity (Wildman–Crippen MR) is 89.0 cm³/mol. The number of piperidine rings is 1. The van der Waals surface area contributed by atoms with Crippen LogP contribution in [-0.2, 0) is 0 Å². The number of aromatic amines is 1. The molecule has 1 amide bonds. The number of benzene rings is 1. The maximum absolute atomic E-state index is 13.0. The maximum Gasteiger partial charge on any atom is 0.271 e. The van der Waals surface area contributed by atoms with Gasteiger partial charge in [-0.15, -0.1) is 0 Å². The number of amides is 1. The molecule has 2 fully saturated rings. The molecule has 1 aromatic heterocycles. The number of hydrogen-bond acceptors (Lipinski definition) is 3. The molecule has 24 heavy (non-hydrogen) atoms. The first kappa shape index (κ1) is 15.3. The van der Waals surface area contributed by atoms with E-state index in [1.54, 1.807) is 18.2 Å². The molecule has 2 aromatic rings. The van der Waals surface area contributed by atoms with Gasteiger partial charge < -0.3 is 10.2 Å². The molecule has 0 spiro atoms. The Labute approximate surface area is 140 Å². The predicted octanol–water partition coefficient (Wildman–Crippen LogP) is 2.57. The first-order valence-corrected chi connectivity index (χ1v) is 8.44. The molecule has 2 bridgehead atoms. The van der Waals surface area contributed by atoms with Gasteiger partial charge in [-0.05, 0) is 56.0 Å². The van der Waals surface area contributed by atoms with Gasteiger partial charge in [-0.2, -0.15) is 5.10 Å². The van der Waals surface area contributed by atoms with Crippen molar-refractivity contribution in [3.05, 3.63) is 41.8 Å². The van der Waals surface area contributed by atoms with Crippen LogP contribution in [0.5, 0.6) is 0 Å². The molecule has 3 heterocycles. The molecule has 2 N–H and O–H groups in total. The molecule has 1 aromatic carbocycles. The number of aromatic nitrogens is 2. The number of carbonyl (C=O) groups is 1. The smallest absolute Gasteiger partial charge is 0.271 e. The van der Waals surface area contributed by atoms with E-state index in [0.29, 0.717) is 23.5 Å². The van der Waals surface area contributed by atoms with Gasteiger partial charge in [0, 0.05) is 30.7 Å². The lowest BCUT2D eigenvalue weighted by atomic mass is 9.98. The second-order valence-corrected chi connectivity index (χ2v) is 6.85. The fraction of sp³-hybridized carbons (Fsp3) is 0.444. The number of H-pyrrole nitrogens is 1. The fourth-order valence-electron chi connectivity index (χ4n) is 3.90. The molecule has 0 aliphatic carbocycles. The number of halogens is 1. The van der Waals surface area contributed by atoms with Gasteiger partial charge in [0.15, 0.2) is 0 Å². The Morgan fingerprint density at radius 3 is 2.54 bits per heavy atom. The summed E-state index contributed by atoms with van der Waals surface area (Å²) < 4.78 is 13.0. The maximum atomic E-state index is 13.0. The van der Waals surface area contributed by atoms with E-state index in [-0.39, 0.29) is 17.8 Å². The van der Waals surface area contributed by atoms with Crippen molar-refractivity contribution in [1.29, 1.82) is 0 Å². The molecule has 2 unspecified atom stereocenters. The Kier molecular flexibility index (Phi) is 3.84. The van der Waals surface area contributed by atoms with E-state index < -0.39 is 0 Å². The van der Waals surface area contributed by atoms with E-state index in [2.05, 4.69) is 15.5 Å². The first-order valence-electron chi connectivity index (χ1n) is 8.44. The SMILES string of the molecule is CN(C(=O)c1cc(-c2ccc(F)cc2)n[nH]1)C1CC2CCC(C1)N2. The molecular weight excluding hydrogens is 307 g/mol. The van der Waals surface area contributed by atoms with Gasteiger partial charge in [-0.1, -0.05) is 0 Å². The normalized spacial score (nSPS) is 25.7. The molecule has 2 aliphatic heterocycles. The summed E-state index contributed by atoms with van der Waals surface area (Å²) in [6, 6.07) is 9.20. The minimum absolute atomic E-state index is 0.0397. The van der Waals surface area contributed by atoms with Crippen molar-refractivity contribution >= 4 is 5.91 Å². The van der Waals surface area contributed by atoms with E-state index in [4.69, 9.17) is 0 Å². The molecule has 4 rings (SSSR count). The third-order valence-corrected chi connectivity index (χ3v) is 5.26. The van der Waals surface area contributed by atoms with Crippen molar-refractivity contribution in [2.75, 3.05) is 7.05 Å². The van der Waals surface area contributed by atoms with Crippen LogP contribution in [0.1, 0.15) is 36.2 Å². The first-order chi connectivity index (χ1) is 11.6. The lowest BCUT2D eigenvalue weighted by Gasteiger charge is -2.35. The number of nitrogens with one attached hydrogen (secondary N) is 2. The van der Waals surface area contributed by atoms with Crippen molar-refractivity contribution in [1.82, 2.24) is 20.4 Å². The van der Waals surface area contributed by atoms with Crippen LogP contribution in [0, 0.1) is 5.82 Å². The highest BCUT2D eigenvalue weighted by Gasteiger charge is 2.36. The van der Waals surface area contributed by atoms with E-state index in [0.717, 1.165) is 18.4 Å². The summed E-state index contributed by atoms with van der Waals surface area (Å²) in [7, 11) is 1.87. The zero-order chi connectivity index (χ0) is 16.7. The van der Waals surface area contributed by atoms with Crippen LogP contribution in [0.15, 0.2) is 30.3 Å². The molecule has 5 nitrogen and oxygen atoms in total. The van der Waals surface area contributed by atoms with E-state index >= 15 is 0 Å². The van der Waals surface area contributed by atoms with Gasteiger partial charge in [0.2, 0.25) is 0 Å². The summed E-state index contributed by atoms with van der Waals surface area (Å²) in [6.07, 6.45) is 4.44. The van der Waals surface area contributed by atoms with Crippen LogP contribution in [0.2, 0.25) is 0 Å². The van der Waals surface area contributed by atoms with Crippen molar-refractivity contribution in [3.63, 3.8) is 0 Å². The van der Waals surface area contributed by atoms with Crippen molar-refractivity contribution in [2.45, 2.75) is 43.8 Å². The quantitative estimate of drug-likeness (QED) is 0.910. The number of rotatable bonds is 3. The summed E-state index contributed by atoms with van der Waals surface area (Å²) in [5, 5.41) is 10.6. The molecule has 2 aliphatic rings. The Morgan fingerprint density at radius 2 is 1.88 bits per heavy atom. The van der Waals surface area contributed by atoms with Gasteiger partial charge in [-0.3, -0.25) is 9.89 Å². The summed E-state index contributed by atoms with van der Waals surface area (Å²) in [5.74, 6) is -0.326. The Hall–Kier alpha value is -2.21. The molecule has 0 radical (unpaired) electrons. The number of fused-ring (bicyclic) bond motifs is 2. The van der Waals surface area contributed by atoms with E-state index in [9.17, 15) is 9.18 Å². The Morgan fingerprint density at radius 1 is 1.21 bits per heavy atom. The molecule has 126 valence electrons. The lowest BCUT2D eigenvalue weighted by molar-refractivity contribution is 0.0675. The molecule has 0 saturated carbocycles. The minimum Gasteiger partial charge on any atom is -0.337 e. The number of hydrogen-bond donors (Lipinski definition) is 2. The topological polar surface area (TPSA) is 61.0 Å². The summed E-state index contributed by atoms with van der Waals surface area (Å²) in [5.41, 5.74) is 1.91. The highest BCUT2D eigenvalue weighted by molar-refractivity contribution is 5.93. The largest absolute Gasteiger partial charge is 0.337 e. The number of carbonyl (C=O) groups excluding carboxylic acids is 1. The van der Waals surface area contributed by atoms with Crippen LogP contribution >= 0.6 is 0 Å². The summed E-state index contributed by atoms with van der Waals surface area (Å²) >= 11 is 0. The Bertz CT molecular complexity index is 730. The van der Waals surface area contributed by atoms with Crippen LogP contribution in [0.3, 0.4) is 0 Å². The average molecular weight is 328 g/mol. The zero-order valence-electron chi connectivity index (χ0n) is 13.6. The second kappa shape index (κ2) is 6.02. The van der Waals surface area contributed by atoms with Gasteiger partial charge in [0.1, 0.15) is 11.5 Å².